The average molecular weight is 1350 g/mol. The SMILES string of the molecule is CN1CCc2c(c3cncnc3n2CCN2CCCC(CO)C2)C1.Cc1cc2c3c(n(CCN4CCNC(=O)C4)c2cn1)CCN(C)C3.Cc1cnc2c(c1)c1c(n2CCN2CCS(=O)(=O)CC2)CCN(C)C1.Cc1cnc2c(c1)c1c(n2CCN2CCSCC2)CCN(C)C1. The Morgan fingerprint density at radius 2 is 1.00 bits per heavy atom. The molecular weight excluding hydrogens is 1250 g/mol. The molecule has 0 bridgehead atoms. The number of nitrogens with one attached hydrogen (secondary N) is 1. The van der Waals surface area contributed by atoms with Crippen LogP contribution >= 0.6 is 11.8 Å². The van der Waals surface area contributed by atoms with Gasteiger partial charge >= 0.3 is 0 Å². The lowest BCUT2D eigenvalue weighted by Gasteiger charge is -2.32. The first kappa shape index (κ1) is 68.6. The van der Waals surface area contributed by atoms with Crippen LogP contribution in [-0.4, -0.2) is 271 Å². The van der Waals surface area contributed by atoms with Gasteiger partial charge in [0.15, 0.2) is 9.84 Å². The number of piperazine rings is 1. The molecule has 518 valence electrons. The molecule has 8 aromatic rings. The lowest BCUT2D eigenvalue weighted by atomic mass is 9.99. The number of likely N-dealkylation sites (N-methyl/N-ethyl adjacent to an activating group) is 4. The molecule has 0 radical (unpaired) electrons. The third-order valence-corrected chi connectivity index (χ3v) is 24.0. The Labute approximate surface area is 572 Å². The molecule has 8 aliphatic heterocycles. The molecule has 1 amide bonds. The van der Waals surface area contributed by atoms with E-state index < -0.39 is 9.84 Å². The molecule has 16 heterocycles. The van der Waals surface area contributed by atoms with Crippen molar-refractivity contribution in [2.45, 2.75) is 112 Å². The van der Waals surface area contributed by atoms with Crippen LogP contribution in [0.2, 0.25) is 0 Å². The number of fused-ring (bicyclic) bond motifs is 12. The predicted molar refractivity (Wildman–Crippen MR) is 386 cm³/mol. The topological polar surface area (TPSA) is 194 Å². The number of nitrogens with zero attached hydrogens (tertiary/aromatic N) is 17. The fourth-order valence-corrected chi connectivity index (χ4v) is 18.4. The molecule has 1 atom stereocenters. The number of hydrogen-bond donors (Lipinski definition) is 2. The van der Waals surface area contributed by atoms with E-state index in [1.165, 1.54) is 120 Å². The van der Waals surface area contributed by atoms with Crippen molar-refractivity contribution in [2.75, 3.05) is 169 Å². The van der Waals surface area contributed by atoms with Gasteiger partial charge in [-0.15, -0.1) is 0 Å². The Balaban J connectivity index is 0.000000116. The summed E-state index contributed by atoms with van der Waals surface area (Å²) in [6.07, 6.45) is 16.3. The van der Waals surface area contributed by atoms with E-state index >= 15 is 0 Å². The van der Waals surface area contributed by atoms with Crippen molar-refractivity contribution in [2.24, 2.45) is 5.92 Å². The molecule has 1 unspecified atom stereocenters. The number of thioether (sulfide) groups is 1. The third-order valence-electron chi connectivity index (χ3n) is 21.5. The van der Waals surface area contributed by atoms with Gasteiger partial charge in [-0.3, -0.25) is 24.5 Å². The van der Waals surface area contributed by atoms with E-state index in [1.807, 2.05) is 24.8 Å². The van der Waals surface area contributed by atoms with Crippen molar-refractivity contribution < 1.29 is 18.3 Å². The summed E-state index contributed by atoms with van der Waals surface area (Å²) in [6, 6.07) is 6.80. The number of amides is 1. The van der Waals surface area contributed by atoms with E-state index in [1.54, 1.807) is 6.33 Å². The maximum atomic E-state index is 11.6. The van der Waals surface area contributed by atoms with Gasteiger partial charge < -0.3 is 53.2 Å². The smallest absolute Gasteiger partial charge is 0.234 e. The highest BCUT2D eigenvalue weighted by Gasteiger charge is 2.30. The Bertz CT molecular complexity index is 4140. The number of piperidine rings is 1. The summed E-state index contributed by atoms with van der Waals surface area (Å²) in [5.74, 6) is 3.74. The lowest BCUT2D eigenvalue weighted by Crippen LogP contribution is -2.48. The number of sulfone groups is 1. The van der Waals surface area contributed by atoms with Crippen LogP contribution in [0.1, 0.15) is 74.7 Å². The van der Waals surface area contributed by atoms with Gasteiger partial charge in [0.1, 0.15) is 23.3 Å². The fourth-order valence-electron chi connectivity index (χ4n) is 16.1. The number of carbonyl (C=O) groups excluding carboxylic acids is 1. The standard InChI is InChI=1S/C18H25N5O.C18H27N5O.C18H26N4O2S.C18H26N4S/c1-13-9-14-15-11-21(2)5-3-16(15)23(17(14)10-20-13)8-7-22-6-4-19-18(24)12-22;1-21-6-4-17-16(11-21)15-9-19-13-20-18(15)23(17)8-7-22-5-2-3-14(10-22)12-24;1-14-11-15-16-13-20(2)4-3-17(16)22(18(15)19-12-14)6-5-21-7-9-25(23,24)10-8-21;1-14-11-15-16-13-20(2)4-3-17(16)22(18(15)19-12-14)6-5-21-7-9-23-10-8-21/h9-10H,3-8,11-12H2,1-2H3,(H,19,24);9,13-14,24H,2-8,10-12H2,1H3;11-12H,3-10,13H2,1-2H3;11-12H,3-10,13H2,1-2H3. The molecule has 4 fully saturated rings. The number of aryl methyl sites for hydroxylation is 3. The zero-order valence-electron chi connectivity index (χ0n) is 58.2. The van der Waals surface area contributed by atoms with Crippen molar-refractivity contribution in [1.29, 1.82) is 0 Å². The van der Waals surface area contributed by atoms with Gasteiger partial charge in [-0.25, -0.2) is 28.4 Å². The quantitative estimate of drug-likeness (QED) is 0.150. The summed E-state index contributed by atoms with van der Waals surface area (Å²) >= 11 is 2.08. The maximum absolute atomic E-state index is 11.6. The number of likely N-dealkylation sites (tertiary alicyclic amines) is 1. The van der Waals surface area contributed by atoms with Gasteiger partial charge in [0.25, 0.3) is 0 Å². The van der Waals surface area contributed by atoms with Gasteiger partial charge in [0.2, 0.25) is 5.91 Å². The van der Waals surface area contributed by atoms with E-state index in [0.717, 1.165) is 180 Å². The minimum Gasteiger partial charge on any atom is -0.396 e. The molecule has 0 aliphatic carbocycles. The largest absolute Gasteiger partial charge is 0.396 e. The van der Waals surface area contributed by atoms with Gasteiger partial charge in [-0.05, 0) is 126 Å². The third kappa shape index (κ3) is 15.7. The fraction of sp³-hybridized carbons (Fsp3) is 0.611. The highest BCUT2D eigenvalue weighted by Crippen LogP contribution is 2.35. The maximum Gasteiger partial charge on any atom is 0.234 e. The summed E-state index contributed by atoms with van der Waals surface area (Å²) in [4.78, 5) is 53.6. The summed E-state index contributed by atoms with van der Waals surface area (Å²) in [5, 5.41) is 17.5. The predicted octanol–water partition coefficient (Wildman–Crippen LogP) is 5.33. The van der Waals surface area contributed by atoms with Crippen molar-refractivity contribution in [3.63, 3.8) is 0 Å². The van der Waals surface area contributed by atoms with Crippen molar-refractivity contribution in [3.05, 3.63) is 111 Å². The number of pyridine rings is 3. The van der Waals surface area contributed by atoms with Crippen LogP contribution in [0.3, 0.4) is 0 Å². The molecule has 24 heteroatoms. The molecule has 22 nitrogen and oxygen atoms in total. The number of carbonyl (C=O) groups is 1. The van der Waals surface area contributed by atoms with Crippen LogP contribution in [-0.2, 0) is 92.7 Å². The van der Waals surface area contributed by atoms with E-state index in [4.69, 9.17) is 9.97 Å². The molecular formula is C72H104N18O4S2. The normalized spacial score (nSPS) is 21.0. The van der Waals surface area contributed by atoms with Gasteiger partial charge in [0, 0.05) is 263 Å². The summed E-state index contributed by atoms with van der Waals surface area (Å²) < 4.78 is 33.0. The zero-order chi connectivity index (χ0) is 66.6. The number of aliphatic hydroxyl groups excluding tert-OH is 1. The summed E-state index contributed by atoms with van der Waals surface area (Å²) in [7, 11) is 5.95. The Morgan fingerprint density at radius 1 is 0.510 bits per heavy atom. The summed E-state index contributed by atoms with van der Waals surface area (Å²) in [5.41, 5.74) is 19.8. The Morgan fingerprint density at radius 3 is 1.55 bits per heavy atom. The molecule has 96 heavy (non-hydrogen) atoms. The first-order chi connectivity index (χ1) is 46.5. The van der Waals surface area contributed by atoms with Gasteiger partial charge in [0.05, 0.1) is 29.8 Å². The molecule has 8 aromatic heterocycles. The minimum atomic E-state index is -2.81. The summed E-state index contributed by atoms with van der Waals surface area (Å²) in [6.45, 7) is 31.1. The average Bonchev–Trinajstić information content (AvgIpc) is 1.64. The van der Waals surface area contributed by atoms with Gasteiger partial charge in [-0.2, -0.15) is 11.8 Å². The van der Waals surface area contributed by atoms with E-state index in [9.17, 15) is 18.3 Å². The van der Waals surface area contributed by atoms with E-state index in [-0.39, 0.29) is 5.91 Å². The first-order valence-electron chi connectivity index (χ1n) is 35.5. The van der Waals surface area contributed by atoms with Crippen LogP contribution < -0.4 is 5.32 Å². The second-order valence-corrected chi connectivity index (χ2v) is 32.2. The van der Waals surface area contributed by atoms with Crippen molar-refractivity contribution >= 4 is 71.5 Å². The van der Waals surface area contributed by atoms with E-state index in [2.05, 4.69) is 157 Å². The van der Waals surface area contributed by atoms with Crippen LogP contribution in [0.4, 0.5) is 0 Å². The molecule has 0 aromatic carbocycles. The van der Waals surface area contributed by atoms with Gasteiger partial charge in [-0.1, -0.05) is 0 Å². The number of aliphatic hydroxyl groups is 1. The van der Waals surface area contributed by atoms with Crippen LogP contribution in [0.25, 0.3) is 44.0 Å². The van der Waals surface area contributed by atoms with E-state index in [0.29, 0.717) is 43.7 Å². The highest BCUT2D eigenvalue weighted by molar-refractivity contribution is 7.99. The molecule has 4 saturated heterocycles. The molecule has 8 aliphatic rings. The highest BCUT2D eigenvalue weighted by atomic mass is 32.2. The molecule has 2 N–H and O–H groups in total. The van der Waals surface area contributed by atoms with Crippen LogP contribution in [0, 0.1) is 26.7 Å². The zero-order valence-corrected chi connectivity index (χ0v) is 59.9. The molecule has 0 saturated carbocycles. The Kier molecular flexibility index (Phi) is 21.9. The number of aromatic nitrogens is 9. The number of hydrogen-bond acceptors (Lipinski definition) is 18. The number of rotatable bonds is 13. The lowest BCUT2D eigenvalue weighted by molar-refractivity contribution is -0.124. The van der Waals surface area contributed by atoms with Crippen LogP contribution in [0.5, 0.6) is 0 Å². The molecule has 0 spiro atoms. The van der Waals surface area contributed by atoms with Crippen molar-refractivity contribution in [1.82, 2.24) is 87.7 Å². The first-order valence-corrected chi connectivity index (χ1v) is 38.5. The van der Waals surface area contributed by atoms with Crippen LogP contribution in [0.15, 0.2) is 49.3 Å². The second-order valence-electron chi connectivity index (χ2n) is 28.7. The second kappa shape index (κ2) is 30.7. The van der Waals surface area contributed by atoms with Crippen molar-refractivity contribution in [3.8, 4) is 0 Å². The minimum absolute atomic E-state index is 0.138. The monoisotopic (exact) mass is 1350 g/mol. The Hall–Kier alpha value is -5.90. The molecule has 16 rings (SSSR count).